The van der Waals surface area contributed by atoms with Crippen molar-refractivity contribution in [3.63, 3.8) is 0 Å². The molecule has 0 aliphatic carbocycles. The molecule has 1 aromatic rings. The van der Waals surface area contributed by atoms with Crippen molar-refractivity contribution < 1.29 is 0 Å². The highest BCUT2D eigenvalue weighted by molar-refractivity contribution is 7.10. The third kappa shape index (κ3) is 3.30. The Hall–Kier alpha value is -0.720. The van der Waals surface area contributed by atoms with Gasteiger partial charge in [0.25, 0.3) is 0 Å². The molecule has 1 unspecified atom stereocenters. The van der Waals surface area contributed by atoms with E-state index in [4.69, 9.17) is 0 Å². The quantitative estimate of drug-likeness (QED) is 0.900. The van der Waals surface area contributed by atoms with E-state index in [0.29, 0.717) is 0 Å². The van der Waals surface area contributed by atoms with Gasteiger partial charge in [0.1, 0.15) is 10.7 Å². The Kier molecular flexibility index (Phi) is 4.86. The largest absolute Gasteiger partial charge is 0.374 e. The highest BCUT2D eigenvalue weighted by atomic mass is 32.1. The van der Waals surface area contributed by atoms with Gasteiger partial charge in [0.05, 0.1) is 0 Å². The molecule has 2 saturated heterocycles. The first-order chi connectivity index (χ1) is 9.86. The summed E-state index contributed by atoms with van der Waals surface area (Å²) >= 11 is 1.49. The van der Waals surface area contributed by atoms with Crippen LogP contribution in [0.3, 0.4) is 0 Å². The minimum Gasteiger partial charge on any atom is -0.374 e. The maximum Gasteiger partial charge on any atom is 0.134 e. The first-order valence-electron chi connectivity index (χ1n) is 7.88. The fraction of sp³-hybridized carbons (Fsp3) is 0.857. The normalized spacial score (nSPS) is 24.6. The number of rotatable bonds is 5. The fourth-order valence-corrected chi connectivity index (χ4v) is 3.92. The SMILES string of the molecule is CCCNc1snnc1CN1CCCN2CCCC2C1. The summed E-state index contributed by atoms with van der Waals surface area (Å²) in [5.74, 6) is 0. The average molecular weight is 295 g/mol. The summed E-state index contributed by atoms with van der Waals surface area (Å²) in [5.41, 5.74) is 1.13. The molecule has 3 rings (SSSR count). The lowest BCUT2D eigenvalue weighted by molar-refractivity contribution is 0.214. The maximum atomic E-state index is 4.33. The molecule has 0 radical (unpaired) electrons. The van der Waals surface area contributed by atoms with Crippen molar-refractivity contribution in [2.24, 2.45) is 0 Å². The van der Waals surface area contributed by atoms with E-state index in [1.807, 2.05) is 0 Å². The number of fused-ring (bicyclic) bond motifs is 1. The van der Waals surface area contributed by atoms with E-state index < -0.39 is 0 Å². The Morgan fingerprint density at radius 2 is 2.20 bits per heavy atom. The Bertz CT molecular complexity index is 421. The van der Waals surface area contributed by atoms with E-state index >= 15 is 0 Å². The summed E-state index contributed by atoms with van der Waals surface area (Å²) in [6, 6.07) is 0.774. The van der Waals surface area contributed by atoms with E-state index in [9.17, 15) is 0 Å². The van der Waals surface area contributed by atoms with Crippen LogP contribution in [0.5, 0.6) is 0 Å². The van der Waals surface area contributed by atoms with Gasteiger partial charge in [0.15, 0.2) is 0 Å². The van der Waals surface area contributed by atoms with Crippen LogP contribution in [0.25, 0.3) is 0 Å². The van der Waals surface area contributed by atoms with Crippen molar-refractivity contribution in [1.82, 2.24) is 19.4 Å². The number of hydrogen-bond donors (Lipinski definition) is 1. The van der Waals surface area contributed by atoms with Gasteiger partial charge in [-0.05, 0) is 45.3 Å². The van der Waals surface area contributed by atoms with Crippen molar-refractivity contribution in [2.45, 2.75) is 45.2 Å². The molecule has 0 aromatic carbocycles. The highest BCUT2D eigenvalue weighted by Gasteiger charge is 2.29. The molecule has 112 valence electrons. The molecule has 2 aliphatic heterocycles. The summed E-state index contributed by atoms with van der Waals surface area (Å²) < 4.78 is 4.12. The zero-order chi connectivity index (χ0) is 13.8. The molecule has 0 spiro atoms. The minimum atomic E-state index is 0.774. The summed E-state index contributed by atoms with van der Waals surface area (Å²) in [6.45, 7) is 9.12. The average Bonchev–Trinajstić information content (AvgIpc) is 3.03. The van der Waals surface area contributed by atoms with Crippen LogP contribution < -0.4 is 5.32 Å². The van der Waals surface area contributed by atoms with Crippen LogP contribution in [0.4, 0.5) is 5.00 Å². The van der Waals surface area contributed by atoms with Gasteiger partial charge in [-0.2, -0.15) is 0 Å². The molecule has 20 heavy (non-hydrogen) atoms. The van der Waals surface area contributed by atoms with Gasteiger partial charge in [0, 0.05) is 37.2 Å². The van der Waals surface area contributed by atoms with Crippen LogP contribution >= 0.6 is 11.5 Å². The van der Waals surface area contributed by atoms with Gasteiger partial charge in [0.2, 0.25) is 0 Å². The molecule has 1 N–H and O–H groups in total. The zero-order valence-corrected chi connectivity index (χ0v) is 13.2. The van der Waals surface area contributed by atoms with E-state index in [-0.39, 0.29) is 0 Å². The van der Waals surface area contributed by atoms with Crippen LogP contribution in [-0.2, 0) is 6.54 Å². The van der Waals surface area contributed by atoms with Crippen LogP contribution in [-0.4, -0.2) is 58.2 Å². The van der Waals surface area contributed by atoms with Gasteiger partial charge in [-0.25, -0.2) is 0 Å². The maximum absolute atomic E-state index is 4.33. The molecule has 6 heteroatoms. The van der Waals surface area contributed by atoms with Crippen molar-refractivity contribution in [3.05, 3.63) is 5.69 Å². The lowest BCUT2D eigenvalue weighted by atomic mass is 10.2. The molecule has 0 amide bonds. The topological polar surface area (TPSA) is 44.3 Å². The van der Waals surface area contributed by atoms with Crippen molar-refractivity contribution in [3.8, 4) is 0 Å². The van der Waals surface area contributed by atoms with Gasteiger partial charge < -0.3 is 5.32 Å². The predicted octanol–water partition coefficient (Wildman–Crippen LogP) is 2.03. The Morgan fingerprint density at radius 1 is 1.30 bits per heavy atom. The monoisotopic (exact) mass is 295 g/mol. The number of anilines is 1. The number of nitrogens with zero attached hydrogens (tertiary/aromatic N) is 4. The van der Waals surface area contributed by atoms with Crippen LogP contribution in [0.15, 0.2) is 0 Å². The van der Waals surface area contributed by atoms with Gasteiger partial charge in [-0.3, -0.25) is 9.80 Å². The molecule has 2 aliphatic rings. The van der Waals surface area contributed by atoms with Crippen molar-refractivity contribution in [1.29, 1.82) is 0 Å². The smallest absolute Gasteiger partial charge is 0.134 e. The Balaban J connectivity index is 1.60. The van der Waals surface area contributed by atoms with E-state index in [1.54, 1.807) is 0 Å². The van der Waals surface area contributed by atoms with E-state index in [0.717, 1.165) is 31.2 Å². The van der Waals surface area contributed by atoms with E-state index in [1.165, 1.54) is 62.0 Å². The van der Waals surface area contributed by atoms with Gasteiger partial charge >= 0.3 is 0 Å². The van der Waals surface area contributed by atoms with Crippen LogP contribution in [0.2, 0.25) is 0 Å². The van der Waals surface area contributed by atoms with E-state index in [2.05, 4.69) is 31.6 Å². The fourth-order valence-electron chi connectivity index (χ4n) is 3.32. The second-order valence-corrected chi connectivity index (χ2v) is 6.65. The standard InChI is InChI=1S/C14H25N5S/c1-2-6-15-14-13(16-17-20-14)11-18-7-4-9-19-8-3-5-12(19)10-18/h12,15H,2-11H2,1H3. The molecule has 0 saturated carbocycles. The number of aromatic nitrogens is 2. The minimum absolute atomic E-state index is 0.774. The van der Waals surface area contributed by atoms with Crippen LogP contribution in [0, 0.1) is 0 Å². The Morgan fingerprint density at radius 3 is 3.10 bits per heavy atom. The molecular formula is C14H25N5S. The Labute approximate surface area is 125 Å². The number of hydrogen-bond acceptors (Lipinski definition) is 6. The van der Waals surface area contributed by atoms with Crippen molar-refractivity contribution in [2.75, 3.05) is 38.0 Å². The zero-order valence-electron chi connectivity index (χ0n) is 12.3. The molecular weight excluding hydrogens is 270 g/mol. The third-order valence-corrected chi connectivity index (χ3v) is 5.08. The van der Waals surface area contributed by atoms with Crippen molar-refractivity contribution >= 4 is 16.5 Å². The second kappa shape index (κ2) is 6.83. The van der Waals surface area contributed by atoms with Crippen LogP contribution in [0.1, 0.15) is 38.3 Å². The number of nitrogens with one attached hydrogen (secondary N) is 1. The molecule has 2 fully saturated rings. The highest BCUT2D eigenvalue weighted by Crippen LogP contribution is 2.24. The molecule has 5 nitrogen and oxygen atoms in total. The summed E-state index contributed by atoms with van der Waals surface area (Å²) in [5, 5.41) is 8.95. The lowest BCUT2D eigenvalue weighted by Crippen LogP contribution is -2.36. The van der Waals surface area contributed by atoms with Gasteiger partial charge in [-0.1, -0.05) is 11.4 Å². The third-order valence-electron chi connectivity index (χ3n) is 4.35. The summed E-state index contributed by atoms with van der Waals surface area (Å²) in [6.07, 6.45) is 5.16. The molecule has 3 heterocycles. The molecule has 1 atom stereocenters. The molecule has 1 aromatic heterocycles. The first-order valence-corrected chi connectivity index (χ1v) is 8.65. The predicted molar refractivity (Wildman–Crippen MR) is 83.2 cm³/mol. The van der Waals surface area contributed by atoms with Gasteiger partial charge in [-0.15, -0.1) is 5.10 Å². The first kappa shape index (κ1) is 14.2. The lowest BCUT2D eigenvalue weighted by Gasteiger charge is -2.25. The summed E-state index contributed by atoms with van der Waals surface area (Å²) in [7, 11) is 0. The summed E-state index contributed by atoms with van der Waals surface area (Å²) in [4.78, 5) is 5.25. The molecule has 0 bridgehead atoms. The second-order valence-electron chi connectivity index (χ2n) is 5.90.